The molecule has 3 aromatic rings. The molecule has 0 bridgehead atoms. The van der Waals surface area contributed by atoms with Crippen LogP contribution in [0.4, 0.5) is 4.39 Å². The third-order valence-corrected chi connectivity index (χ3v) is 5.15. The first-order chi connectivity index (χ1) is 14.5. The number of benzene rings is 2. The number of carbonyl (C=O) groups is 1. The molecule has 1 atom stereocenters. The average molecular weight is 409 g/mol. The van der Waals surface area contributed by atoms with E-state index in [2.05, 4.69) is 10.4 Å². The molecule has 2 aromatic carbocycles. The van der Waals surface area contributed by atoms with E-state index in [-0.39, 0.29) is 18.6 Å². The van der Waals surface area contributed by atoms with Gasteiger partial charge in [-0.25, -0.2) is 9.07 Å². The van der Waals surface area contributed by atoms with Gasteiger partial charge in [0.2, 0.25) is 0 Å². The summed E-state index contributed by atoms with van der Waals surface area (Å²) in [5.74, 6) is 0.892. The summed E-state index contributed by atoms with van der Waals surface area (Å²) >= 11 is 0. The second kappa shape index (κ2) is 8.18. The highest BCUT2D eigenvalue weighted by molar-refractivity contribution is 5.95. The molecule has 0 saturated carbocycles. The first kappa shape index (κ1) is 19.9. The van der Waals surface area contributed by atoms with Crippen LogP contribution in [0, 0.1) is 12.7 Å². The van der Waals surface area contributed by atoms with Gasteiger partial charge in [0, 0.05) is 24.1 Å². The Morgan fingerprint density at radius 1 is 1.37 bits per heavy atom. The van der Waals surface area contributed by atoms with Crippen LogP contribution in [-0.4, -0.2) is 28.4 Å². The number of nitrogens with zero attached hydrogens (tertiary/aromatic N) is 2. The summed E-state index contributed by atoms with van der Waals surface area (Å²) in [7, 11) is 0. The van der Waals surface area contributed by atoms with Gasteiger partial charge in [-0.1, -0.05) is 12.1 Å². The van der Waals surface area contributed by atoms with E-state index in [4.69, 9.17) is 9.47 Å². The number of ether oxygens (including phenoxy) is 2. The van der Waals surface area contributed by atoms with E-state index in [1.807, 2.05) is 26.0 Å². The summed E-state index contributed by atoms with van der Waals surface area (Å²) in [4.78, 5) is 12.8. The standard InChI is InChI=1S/C23H24FN3O3/c1-4-29-21-10-16-9-14(2)30-22(16)11-17(21)12-25-23(28)18-13-26-27(15(18)3)20-8-6-5-7-19(20)24/h5-8,10-11,13-14H,4,9,12H2,1-3H3,(H,25,28). The number of nitrogens with one attached hydrogen (secondary N) is 1. The molecular formula is C23H24FN3O3. The molecule has 1 aliphatic rings. The minimum Gasteiger partial charge on any atom is -0.494 e. The molecule has 4 rings (SSSR count). The third-order valence-electron chi connectivity index (χ3n) is 5.15. The zero-order valence-corrected chi connectivity index (χ0v) is 17.2. The third kappa shape index (κ3) is 3.75. The number of fused-ring (bicyclic) bond motifs is 1. The Kier molecular flexibility index (Phi) is 5.44. The Balaban J connectivity index is 1.53. The molecule has 1 aliphatic heterocycles. The van der Waals surface area contributed by atoms with Crippen LogP contribution in [0.3, 0.4) is 0 Å². The first-order valence-electron chi connectivity index (χ1n) is 10.0. The van der Waals surface area contributed by atoms with Crippen LogP contribution >= 0.6 is 0 Å². The summed E-state index contributed by atoms with van der Waals surface area (Å²) in [5, 5.41) is 7.11. The van der Waals surface area contributed by atoms with Crippen molar-refractivity contribution in [1.29, 1.82) is 0 Å². The van der Waals surface area contributed by atoms with Crippen molar-refractivity contribution in [2.24, 2.45) is 0 Å². The van der Waals surface area contributed by atoms with Gasteiger partial charge in [-0.2, -0.15) is 5.10 Å². The van der Waals surface area contributed by atoms with Crippen molar-refractivity contribution in [3.63, 3.8) is 0 Å². The Bertz CT molecular complexity index is 1090. The molecule has 0 fully saturated rings. The van der Waals surface area contributed by atoms with Crippen molar-refractivity contribution in [3.05, 3.63) is 70.8 Å². The van der Waals surface area contributed by atoms with Crippen molar-refractivity contribution in [3.8, 4) is 17.2 Å². The second-order valence-electron chi connectivity index (χ2n) is 7.32. The van der Waals surface area contributed by atoms with Crippen LogP contribution in [0.2, 0.25) is 0 Å². The fraction of sp³-hybridized carbons (Fsp3) is 0.304. The number of hydrogen-bond donors (Lipinski definition) is 1. The molecule has 6 nitrogen and oxygen atoms in total. The maximum atomic E-state index is 14.1. The monoisotopic (exact) mass is 409 g/mol. The highest BCUT2D eigenvalue weighted by Crippen LogP contribution is 2.35. The Labute approximate surface area is 174 Å². The summed E-state index contributed by atoms with van der Waals surface area (Å²) in [6.45, 7) is 6.51. The van der Waals surface area contributed by atoms with Crippen molar-refractivity contribution in [1.82, 2.24) is 15.1 Å². The quantitative estimate of drug-likeness (QED) is 0.669. The van der Waals surface area contributed by atoms with Gasteiger partial charge in [-0.3, -0.25) is 4.79 Å². The van der Waals surface area contributed by atoms with Crippen molar-refractivity contribution >= 4 is 5.91 Å². The molecule has 0 saturated heterocycles. The normalized spacial score (nSPS) is 14.9. The lowest BCUT2D eigenvalue weighted by Crippen LogP contribution is -2.23. The Morgan fingerprint density at radius 2 is 2.17 bits per heavy atom. The van der Waals surface area contributed by atoms with E-state index in [1.54, 1.807) is 25.1 Å². The molecule has 30 heavy (non-hydrogen) atoms. The van der Waals surface area contributed by atoms with Crippen molar-refractivity contribution in [2.75, 3.05) is 6.61 Å². The van der Waals surface area contributed by atoms with Gasteiger partial charge in [0.1, 0.15) is 29.1 Å². The van der Waals surface area contributed by atoms with Crippen molar-refractivity contribution in [2.45, 2.75) is 39.8 Å². The maximum Gasteiger partial charge on any atom is 0.255 e. The van der Waals surface area contributed by atoms with Gasteiger partial charge in [0.05, 0.1) is 24.1 Å². The Hall–Kier alpha value is -3.35. The fourth-order valence-electron chi connectivity index (χ4n) is 3.68. The Morgan fingerprint density at radius 3 is 2.93 bits per heavy atom. The molecule has 0 radical (unpaired) electrons. The summed E-state index contributed by atoms with van der Waals surface area (Å²) in [5.41, 5.74) is 3.22. The number of para-hydroxylation sites is 1. The number of carbonyl (C=O) groups excluding carboxylic acids is 1. The molecule has 0 aliphatic carbocycles. The van der Waals surface area contributed by atoms with Gasteiger partial charge in [0.15, 0.2) is 0 Å². The lowest BCUT2D eigenvalue weighted by atomic mass is 10.1. The predicted molar refractivity (Wildman–Crippen MR) is 111 cm³/mol. The highest BCUT2D eigenvalue weighted by Gasteiger charge is 2.23. The smallest absolute Gasteiger partial charge is 0.255 e. The molecule has 156 valence electrons. The zero-order valence-electron chi connectivity index (χ0n) is 17.2. The summed E-state index contributed by atoms with van der Waals surface area (Å²) in [6, 6.07) is 10.2. The highest BCUT2D eigenvalue weighted by atomic mass is 19.1. The maximum absolute atomic E-state index is 14.1. The topological polar surface area (TPSA) is 65.4 Å². The van der Waals surface area contributed by atoms with E-state index >= 15 is 0 Å². The number of halogens is 1. The summed E-state index contributed by atoms with van der Waals surface area (Å²) < 4.78 is 27.1. The van der Waals surface area contributed by atoms with Gasteiger partial charge < -0.3 is 14.8 Å². The van der Waals surface area contributed by atoms with Crippen LogP contribution in [0.5, 0.6) is 11.5 Å². The van der Waals surface area contributed by atoms with Crippen LogP contribution in [0.25, 0.3) is 5.69 Å². The lowest BCUT2D eigenvalue weighted by molar-refractivity contribution is 0.0950. The minimum atomic E-state index is -0.399. The van der Waals surface area contributed by atoms with Crippen LogP contribution in [-0.2, 0) is 13.0 Å². The average Bonchev–Trinajstić information content (AvgIpc) is 3.28. The second-order valence-corrected chi connectivity index (χ2v) is 7.32. The molecular weight excluding hydrogens is 385 g/mol. The SMILES string of the molecule is CCOc1cc2c(cc1CNC(=O)c1cnn(-c3ccccc3F)c1C)OC(C)C2. The van der Waals surface area contributed by atoms with Gasteiger partial charge in [-0.15, -0.1) is 0 Å². The van der Waals surface area contributed by atoms with E-state index in [0.717, 1.165) is 29.0 Å². The molecule has 1 unspecified atom stereocenters. The predicted octanol–water partition coefficient (Wildman–Crippen LogP) is 3.97. The van der Waals surface area contributed by atoms with Crippen LogP contribution in [0.1, 0.15) is 41.0 Å². The zero-order chi connectivity index (χ0) is 21.3. The first-order valence-corrected chi connectivity index (χ1v) is 10.0. The van der Waals surface area contributed by atoms with Crippen LogP contribution in [0.15, 0.2) is 42.6 Å². The number of rotatable bonds is 6. The van der Waals surface area contributed by atoms with Crippen LogP contribution < -0.4 is 14.8 Å². The number of amides is 1. The molecule has 7 heteroatoms. The molecule has 0 spiro atoms. The van der Waals surface area contributed by atoms with Crippen molar-refractivity contribution < 1.29 is 18.7 Å². The molecule has 1 amide bonds. The molecule has 1 N–H and O–H groups in total. The molecule has 1 aromatic heterocycles. The van der Waals surface area contributed by atoms with Gasteiger partial charge in [0.25, 0.3) is 5.91 Å². The fourth-order valence-corrected chi connectivity index (χ4v) is 3.68. The van der Waals surface area contributed by atoms with E-state index in [1.165, 1.54) is 16.9 Å². The minimum absolute atomic E-state index is 0.131. The molecule has 2 heterocycles. The number of aromatic nitrogens is 2. The van der Waals surface area contributed by atoms with E-state index in [0.29, 0.717) is 23.6 Å². The van der Waals surface area contributed by atoms with Gasteiger partial charge >= 0.3 is 0 Å². The number of hydrogen-bond acceptors (Lipinski definition) is 4. The van der Waals surface area contributed by atoms with Gasteiger partial charge in [-0.05, 0) is 45.0 Å². The van der Waals surface area contributed by atoms with E-state index < -0.39 is 5.82 Å². The summed E-state index contributed by atoms with van der Waals surface area (Å²) in [6.07, 6.45) is 2.43. The van der Waals surface area contributed by atoms with E-state index in [9.17, 15) is 9.18 Å². The lowest BCUT2D eigenvalue weighted by Gasteiger charge is -2.13. The largest absolute Gasteiger partial charge is 0.494 e.